The van der Waals surface area contributed by atoms with E-state index in [1.807, 2.05) is 0 Å². The van der Waals surface area contributed by atoms with Gasteiger partial charge in [0.05, 0.1) is 19.3 Å². The van der Waals surface area contributed by atoms with E-state index in [4.69, 9.17) is 4.74 Å². The minimum Gasteiger partial charge on any atom is -0.395 e. The van der Waals surface area contributed by atoms with Crippen LogP contribution in [0.2, 0.25) is 0 Å². The van der Waals surface area contributed by atoms with Gasteiger partial charge < -0.3 is 20.3 Å². The van der Waals surface area contributed by atoms with Crippen LogP contribution in [0, 0.1) is 11.8 Å². The molecule has 0 rings (SSSR count). The molecule has 3 unspecified atom stereocenters. The van der Waals surface area contributed by atoms with Crippen molar-refractivity contribution in [1.29, 1.82) is 0 Å². The number of nitrogens with one attached hydrogen (secondary N) is 1. The third-order valence-electron chi connectivity index (χ3n) is 3.83. The minimum atomic E-state index is -0.505. The van der Waals surface area contributed by atoms with Gasteiger partial charge in [0.15, 0.2) is 0 Å². The van der Waals surface area contributed by atoms with Crippen LogP contribution in [-0.4, -0.2) is 48.7 Å². The molecule has 0 aromatic rings. The van der Waals surface area contributed by atoms with Crippen molar-refractivity contribution in [3.05, 3.63) is 0 Å². The van der Waals surface area contributed by atoms with Gasteiger partial charge in [-0.15, -0.1) is 0 Å². The predicted molar refractivity (Wildman–Crippen MR) is 88.5 cm³/mol. The van der Waals surface area contributed by atoms with Crippen LogP contribution < -0.4 is 5.32 Å². The van der Waals surface area contributed by atoms with Crippen LogP contribution in [0.15, 0.2) is 0 Å². The van der Waals surface area contributed by atoms with Crippen LogP contribution in [-0.2, 0) is 4.74 Å². The number of ether oxygens (including phenoxy) is 1. The molecule has 21 heavy (non-hydrogen) atoms. The van der Waals surface area contributed by atoms with Crippen molar-refractivity contribution in [1.82, 2.24) is 5.32 Å². The summed E-state index contributed by atoms with van der Waals surface area (Å²) in [5.41, 5.74) is 0. The highest BCUT2D eigenvalue weighted by atomic mass is 16.5. The van der Waals surface area contributed by atoms with Crippen LogP contribution in [0.3, 0.4) is 0 Å². The average molecular weight is 303 g/mol. The van der Waals surface area contributed by atoms with Gasteiger partial charge in [0, 0.05) is 19.2 Å². The van der Waals surface area contributed by atoms with Gasteiger partial charge in [0.2, 0.25) is 0 Å². The van der Waals surface area contributed by atoms with Gasteiger partial charge in [-0.05, 0) is 24.7 Å². The zero-order valence-electron chi connectivity index (χ0n) is 14.5. The van der Waals surface area contributed by atoms with Crippen LogP contribution in [0.1, 0.15) is 59.8 Å². The first-order chi connectivity index (χ1) is 10.0. The quantitative estimate of drug-likeness (QED) is 0.461. The lowest BCUT2D eigenvalue weighted by Crippen LogP contribution is -2.40. The standard InChI is InChI=1S/C17H37NO3/c1-5-7-8-15(6-2)12-21-13-17(20)10-18-16(11-19)9-14(3)4/h14-20H,5-13H2,1-4H3. The van der Waals surface area contributed by atoms with Crippen molar-refractivity contribution in [3.63, 3.8) is 0 Å². The Hall–Kier alpha value is -0.160. The molecule has 0 radical (unpaired) electrons. The Bertz CT molecular complexity index is 224. The smallest absolute Gasteiger partial charge is 0.0897 e. The normalized spacial score (nSPS) is 16.1. The summed E-state index contributed by atoms with van der Waals surface area (Å²) in [6.45, 7) is 10.4. The molecule has 0 aromatic heterocycles. The summed E-state index contributed by atoms with van der Waals surface area (Å²) in [6.07, 6.45) is 5.23. The fourth-order valence-electron chi connectivity index (χ4n) is 2.42. The van der Waals surface area contributed by atoms with E-state index in [9.17, 15) is 10.2 Å². The van der Waals surface area contributed by atoms with Crippen molar-refractivity contribution in [2.45, 2.75) is 71.9 Å². The molecule has 3 N–H and O–H groups in total. The second-order valence-corrected chi connectivity index (χ2v) is 6.53. The van der Waals surface area contributed by atoms with E-state index in [1.54, 1.807) is 0 Å². The fourth-order valence-corrected chi connectivity index (χ4v) is 2.42. The molecular formula is C17H37NO3. The topological polar surface area (TPSA) is 61.7 Å². The van der Waals surface area contributed by atoms with Crippen molar-refractivity contribution >= 4 is 0 Å². The Morgan fingerprint density at radius 3 is 2.38 bits per heavy atom. The number of rotatable bonds is 14. The van der Waals surface area contributed by atoms with E-state index in [2.05, 4.69) is 33.0 Å². The number of aliphatic hydroxyl groups excluding tert-OH is 2. The summed E-state index contributed by atoms with van der Waals surface area (Å²) >= 11 is 0. The summed E-state index contributed by atoms with van der Waals surface area (Å²) in [7, 11) is 0. The van der Waals surface area contributed by atoms with Crippen LogP contribution in [0.4, 0.5) is 0 Å². The Morgan fingerprint density at radius 2 is 1.86 bits per heavy atom. The van der Waals surface area contributed by atoms with Gasteiger partial charge in [-0.25, -0.2) is 0 Å². The van der Waals surface area contributed by atoms with Gasteiger partial charge in [0.25, 0.3) is 0 Å². The van der Waals surface area contributed by atoms with E-state index >= 15 is 0 Å². The first-order valence-electron chi connectivity index (χ1n) is 8.63. The van der Waals surface area contributed by atoms with Crippen molar-refractivity contribution < 1.29 is 14.9 Å². The molecule has 0 heterocycles. The molecule has 0 aliphatic heterocycles. The summed E-state index contributed by atoms with van der Waals surface area (Å²) in [5, 5.41) is 22.4. The Balaban J connectivity index is 3.75. The minimum absolute atomic E-state index is 0.0626. The SMILES string of the molecule is CCCCC(CC)COCC(O)CNC(CO)CC(C)C. The molecule has 0 aromatic carbocycles. The average Bonchev–Trinajstić information content (AvgIpc) is 2.46. The monoisotopic (exact) mass is 303 g/mol. The first-order valence-corrected chi connectivity index (χ1v) is 8.63. The largest absolute Gasteiger partial charge is 0.395 e. The fraction of sp³-hybridized carbons (Fsp3) is 1.00. The van der Waals surface area contributed by atoms with E-state index in [-0.39, 0.29) is 12.6 Å². The molecule has 0 bridgehead atoms. The van der Waals surface area contributed by atoms with Crippen molar-refractivity contribution in [2.24, 2.45) is 11.8 Å². The number of unbranched alkanes of at least 4 members (excludes halogenated alkanes) is 1. The van der Waals surface area contributed by atoms with Crippen molar-refractivity contribution in [2.75, 3.05) is 26.4 Å². The van der Waals surface area contributed by atoms with Gasteiger partial charge in [-0.3, -0.25) is 0 Å². The molecule has 0 aliphatic carbocycles. The van der Waals surface area contributed by atoms with Gasteiger partial charge in [0.1, 0.15) is 0 Å². The second kappa shape index (κ2) is 13.5. The maximum atomic E-state index is 9.92. The van der Waals surface area contributed by atoms with Gasteiger partial charge in [-0.1, -0.05) is 47.0 Å². The van der Waals surface area contributed by atoms with Crippen molar-refractivity contribution in [3.8, 4) is 0 Å². The molecule has 0 amide bonds. The van der Waals surface area contributed by atoms with Crippen LogP contribution in [0.25, 0.3) is 0 Å². The molecule has 0 spiro atoms. The molecule has 0 aliphatic rings. The van der Waals surface area contributed by atoms with E-state index in [1.165, 1.54) is 19.3 Å². The summed E-state index contributed by atoms with van der Waals surface area (Å²) < 4.78 is 5.64. The number of hydrogen-bond donors (Lipinski definition) is 3. The molecular weight excluding hydrogens is 266 g/mol. The maximum Gasteiger partial charge on any atom is 0.0897 e. The summed E-state index contributed by atoms with van der Waals surface area (Å²) in [4.78, 5) is 0. The van der Waals surface area contributed by atoms with Gasteiger partial charge >= 0.3 is 0 Å². The maximum absolute atomic E-state index is 9.92. The highest BCUT2D eigenvalue weighted by Gasteiger charge is 2.13. The highest BCUT2D eigenvalue weighted by molar-refractivity contribution is 4.70. The first kappa shape index (κ1) is 20.8. The molecule has 128 valence electrons. The summed E-state index contributed by atoms with van der Waals surface area (Å²) in [6, 6.07) is 0.0626. The third-order valence-corrected chi connectivity index (χ3v) is 3.83. The molecule has 3 atom stereocenters. The lowest BCUT2D eigenvalue weighted by Gasteiger charge is -2.21. The molecule has 4 nitrogen and oxygen atoms in total. The van der Waals surface area contributed by atoms with Crippen LogP contribution >= 0.6 is 0 Å². The van der Waals surface area contributed by atoms with E-state index < -0.39 is 6.10 Å². The zero-order chi connectivity index (χ0) is 16.1. The zero-order valence-corrected chi connectivity index (χ0v) is 14.5. The Morgan fingerprint density at radius 1 is 1.14 bits per heavy atom. The van der Waals surface area contributed by atoms with Gasteiger partial charge in [-0.2, -0.15) is 0 Å². The van der Waals surface area contributed by atoms with E-state index in [0.29, 0.717) is 25.0 Å². The molecule has 0 fully saturated rings. The Kier molecular flexibility index (Phi) is 13.4. The number of hydrogen-bond acceptors (Lipinski definition) is 4. The van der Waals surface area contributed by atoms with E-state index in [0.717, 1.165) is 19.4 Å². The number of aliphatic hydroxyl groups is 2. The second-order valence-electron chi connectivity index (χ2n) is 6.53. The predicted octanol–water partition coefficient (Wildman–Crippen LogP) is 2.58. The third kappa shape index (κ3) is 12.1. The molecule has 4 heteroatoms. The highest BCUT2D eigenvalue weighted by Crippen LogP contribution is 2.12. The summed E-state index contributed by atoms with van der Waals surface area (Å²) in [5.74, 6) is 1.14. The molecule has 0 saturated heterocycles. The molecule has 0 saturated carbocycles. The lowest BCUT2D eigenvalue weighted by atomic mass is 10.0. The Labute approximate surface area is 131 Å². The van der Waals surface area contributed by atoms with Crippen LogP contribution in [0.5, 0.6) is 0 Å². The lowest BCUT2D eigenvalue weighted by molar-refractivity contribution is 0.0171.